The number of nitrogens with one attached hydrogen (secondary N) is 1. The monoisotopic (exact) mass is 325 g/mol. The normalized spacial score (nSPS) is 15.2. The van der Waals surface area contributed by atoms with Crippen LogP contribution in [0, 0.1) is 0 Å². The maximum atomic E-state index is 4.81. The number of nitrogens with zero attached hydrogens (tertiary/aromatic N) is 4. The van der Waals surface area contributed by atoms with Crippen molar-refractivity contribution in [3.63, 3.8) is 0 Å². The van der Waals surface area contributed by atoms with E-state index in [2.05, 4.69) is 26.7 Å². The van der Waals surface area contributed by atoms with Gasteiger partial charge in [0.25, 0.3) is 0 Å². The Kier molecular flexibility index (Phi) is 3.83. The zero-order chi connectivity index (χ0) is 15.6. The number of anilines is 1. The average molecular weight is 325 g/mol. The summed E-state index contributed by atoms with van der Waals surface area (Å²) in [5.74, 6) is 1.61. The highest BCUT2D eigenvalue weighted by molar-refractivity contribution is 7.13. The molecule has 0 spiro atoms. The highest BCUT2D eigenvalue weighted by atomic mass is 32.1. The van der Waals surface area contributed by atoms with Crippen LogP contribution in [0.5, 0.6) is 0 Å². The van der Waals surface area contributed by atoms with Crippen molar-refractivity contribution in [2.75, 3.05) is 5.32 Å². The van der Waals surface area contributed by atoms with Crippen LogP contribution in [0.25, 0.3) is 22.0 Å². The topological polar surface area (TPSA) is 55.6 Å². The minimum atomic E-state index is 0.505. The minimum absolute atomic E-state index is 0.505. The van der Waals surface area contributed by atoms with Crippen molar-refractivity contribution in [3.8, 4) is 22.0 Å². The number of hydrogen-bond donors (Lipinski definition) is 1. The summed E-state index contributed by atoms with van der Waals surface area (Å²) in [6.07, 6.45) is 10.6. The number of aromatic nitrogens is 4. The van der Waals surface area contributed by atoms with Gasteiger partial charge >= 0.3 is 0 Å². The van der Waals surface area contributed by atoms with Crippen molar-refractivity contribution in [2.45, 2.75) is 31.7 Å². The predicted octanol–water partition coefficient (Wildman–Crippen LogP) is 3.96. The molecule has 1 aliphatic carbocycles. The van der Waals surface area contributed by atoms with E-state index in [4.69, 9.17) is 4.98 Å². The lowest BCUT2D eigenvalue weighted by atomic mass is 10.2. The Hall–Kier alpha value is -2.21. The van der Waals surface area contributed by atoms with E-state index < -0.39 is 0 Å². The van der Waals surface area contributed by atoms with Gasteiger partial charge in [-0.3, -0.25) is 0 Å². The Labute approximate surface area is 139 Å². The van der Waals surface area contributed by atoms with Crippen LogP contribution in [0.2, 0.25) is 0 Å². The molecule has 1 aliphatic rings. The van der Waals surface area contributed by atoms with E-state index >= 15 is 0 Å². The maximum absolute atomic E-state index is 4.81. The molecule has 0 bridgehead atoms. The molecular formula is C17H19N5S. The molecule has 0 unspecified atom stereocenters. The molecule has 1 saturated carbocycles. The Morgan fingerprint density at radius 1 is 1.26 bits per heavy atom. The summed E-state index contributed by atoms with van der Waals surface area (Å²) in [5, 5.41) is 5.56. The zero-order valence-electron chi connectivity index (χ0n) is 13.1. The maximum Gasteiger partial charge on any atom is 0.223 e. The van der Waals surface area contributed by atoms with Crippen LogP contribution >= 0.6 is 11.3 Å². The first-order chi connectivity index (χ1) is 11.3. The molecular weight excluding hydrogens is 306 g/mol. The Balaban J connectivity index is 1.75. The molecule has 5 nitrogen and oxygen atoms in total. The second kappa shape index (κ2) is 6.12. The quantitative estimate of drug-likeness (QED) is 0.789. The van der Waals surface area contributed by atoms with Gasteiger partial charge in [-0.25, -0.2) is 15.0 Å². The van der Waals surface area contributed by atoms with Crippen LogP contribution in [0.3, 0.4) is 0 Å². The molecule has 118 valence electrons. The number of hydrogen-bond acceptors (Lipinski definition) is 5. The van der Waals surface area contributed by atoms with Gasteiger partial charge in [0, 0.05) is 31.7 Å². The Morgan fingerprint density at radius 3 is 2.83 bits per heavy atom. The lowest BCUT2D eigenvalue weighted by Crippen LogP contribution is -2.17. The van der Waals surface area contributed by atoms with Gasteiger partial charge in [-0.05, 0) is 24.3 Å². The van der Waals surface area contributed by atoms with E-state index in [-0.39, 0.29) is 0 Å². The number of imidazole rings is 1. The molecule has 6 heteroatoms. The van der Waals surface area contributed by atoms with Crippen LogP contribution < -0.4 is 5.32 Å². The first-order valence-corrected chi connectivity index (χ1v) is 8.84. The van der Waals surface area contributed by atoms with Crippen molar-refractivity contribution in [2.24, 2.45) is 7.05 Å². The first-order valence-electron chi connectivity index (χ1n) is 7.96. The summed E-state index contributed by atoms with van der Waals surface area (Å²) >= 11 is 1.69. The van der Waals surface area contributed by atoms with Crippen LogP contribution in [-0.4, -0.2) is 25.6 Å². The SMILES string of the molecule is Cn1ccnc1-c1cnc(NC2CCCC2)nc1-c1cccs1. The summed E-state index contributed by atoms with van der Waals surface area (Å²) in [6.45, 7) is 0. The summed E-state index contributed by atoms with van der Waals surface area (Å²) in [7, 11) is 1.99. The molecule has 23 heavy (non-hydrogen) atoms. The predicted molar refractivity (Wildman–Crippen MR) is 93.4 cm³/mol. The molecule has 0 saturated heterocycles. The number of rotatable bonds is 4. The second-order valence-corrected chi connectivity index (χ2v) is 6.87. The third-order valence-electron chi connectivity index (χ3n) is 4.29. The summed E-state index contributed by atoms with van der Waals surface area (Å²) in [5.41, 5.74) is 1.92. The Bertz CT molecular complexity index is 787. The zero-order valence-corrected chi connectivity index (χ0v) is 13.9. The summed E-state index contributed by atoms with van der Waals surface area (Å²) < 4.78 is 2.00. The second-order valence-electron chi connectivity index (χ2n) is 5.92. The van der Waals surface area contributed by atoms with Crippen molar-refractivity contribution >= 4 is 17.3 Å². The molecule has 0 aromatic carbocycles. The van der Waals surface area contributed by atoms with Gasteiger partial charge in [0.1, 0.15) is 5.82 Å². The fraction of sp³-hybridized carbons (Fsp3) is 0.353. The molecule has 0 amide bonds. The van der Waals surface area contributed by atoms with Crippen molar-refractivity contribution in [3.05, 3.63) is 36.1 Å². The number of aryl methyl sites for hydroxylation is 1. The average Bonchev–Trinajstić information content (AvgIpc) is 3.29. The van der Waals surface area contributed by atoms with Gasteiger partial charge in [-0.15, -0.1) is 11.3 Å². The van der Waals surface area contributed by atoms with E-state index in [1.165, 1.54) is 25.7 Å². The number of thiophene rings is 1. The molecule has 3 heterocycles. The molecule has 1 N–H and O–H groups in total. The summed E-state index contributed by atoms with van der Waals surface area (Å²) in [4.78, 5) is 14.9. The summed E-state index contributed by atoms with van der Waals surface area (Å²) in [6, 6.07) is 4.65. The van der Waals surface area contributed by atoms with Gasteiger partial charge < -0.3 is 9.88 Å². The van der Waals surface area contributed by atoms with E-state index in [1.54, 1.807) is 17.5 Å². The minimum Gasteiger partial charge on any atom is -0.351 e. The smallest absolute Gasteiger partial charge is 0.223 e. The fourth-order valence-corrected chi connectivity index (χ4v) is 3.82. The van der Waals surface area contributed by atoms with Gasteiger partial charge in [-0.2, -0.15) is 0 Å². The third-order valence-corrected chi connectivity index (χ3v) is 5.17. The largest absolute Gasteiger partial charge is 0.351 e. The highest BCUT2D eigenvalue weighted by Crippen LogP contribution is 2.33. The fourth-order valence-electron chi connectivity index (χ4n) is 3.09. The van der Waals surface area contributed by atoms with Gasteiger partial charge in [0.2, 0.25) is 5.95 Å². The molecule has 3 aromatic rings. The lowest BCUT2D eigenvalue weighted by molar-refractivity contribution is 0.744. The molecule has 1 fully saturated rings. The van der Waals surface area contributed by atoms with Crippen LogP contribution in [-0.2, 0) is 7.05 Å². The van der Waals surface area contributed by atoms with E-state index in [1.807, 2.05) is 30.1 Å². The van der Waals surface area contributed by atoms with Crippen molar-refractivity contribution in [1.82, 2.24) is 19.5 Å². The molecule has 0 aliphatic heterocycles. The standard InChI is InChI=1S/C17H19N5S/c1-22-9-8-18-16(22)13-11-19-17(20-12-5-2-3-6-12)21-15(13)14-7-4-10-23-14/h4,7-12H,2-3,5-6H2,1H3,(H,19,20,21). The van der Waals surface area contributed by atoms with Gasteiger partial charge in [0.15, 0.2) is 0 Å². The van der Waals surface area contributed by atoms with Crippen molar-refractivity contribution < 1.29 is 0 Å². The third kappa shape index (κ3) is 2.86. The highest BCUT2D eigenvalue weighted by Gasteiger charge is 2.19. The molecule has 0 radical (unpaired) electrons. The molecule has 0 atom stereocenters. The van der Waals surface area contributed by atoms with Crippen LogP contribution in [0.4, 0.5) is 5.95 Å². The van der Waals surface area contributed by atoms with E-state index in [0.29, 0.717) is 6.04 Å². The first kappa shape index (κ1) is 14.4. The Morgan fingerprint density at radius 2 is 2.13 bits per heavy atom. The van der Waals surface area contributed by atoms with Crippen molar-refractivity contribution in [1.29, 1.82) is 0 Å². The molecule has 4 rings (SSSR count). The van der Waals surface area contributed by atoms with Crippen LogP contribution in [0.15, 0.2) is 36.1 Å². The lowest BCUT2D eigenvalue weighted by Gasteiger charge is -2.14. The van der Waals surface area contributed by atoms with Gasteiger partial charge in [0.05, 0.1) is 16.1 Å². The molecule has 3 aromatic heterocycles. The van der Waals surface area contributed by atoms with Gasteiger partial charge in [-0.1, -0.05) is 18.9 Å². The van der Waals surface area contributed by atoms with E-state index in [9.17, 15) is 0 Å². The van der Waals surface area contributed by atoms with E-state index in [0.717, 1.165) is 27.9 Å². The van der Waals surface area contributed by atoms with Crippen LogP contribution in [0.1, 0.15) is 25.7 Å².